The number of aryl methyl sites for hydroxylation is 2. The van der Waals surface area contributed by atoms with Crippen molar-refractivity contribution in [1.29, 1.82) is 10.0 Å². The molecule has 1 aromatic carbocycles. The highest BCUT2D eigenvalue weighted by molar-refractivity contribution is 7.84. The minimum atomic E-state index is -0.957. The molecule has 2 atom stereocenters. The standard InChI is InChI=1S/C25H27FN6O2S/c1-32-15-22-21(24(32)25(33)30-18-12-19(14-27)29-23(26)13-18)11-8-17(31-35(22)28)5-3-4-16-6-9-20(34-2)10-7-16/h6-7,9-10,12-13,15,17H,3-5,8,11H2,1-2H3,(H2,28,31)(H,29,30,33)/t17-,35?/m0/s1. The third kappa shape index (κ3) is 5.75. The lowest BCUT2D eigenvalue weighted by Gasteiger charge is -2.16. The molecule has 1 aliphatic heterocycles. The molecule has 0 bridgehead atoms. The lowest BCUT2D eigenvalue weighted by atomic mass is 9.99. The van der Waals surface area contributed by atoms with Gasteiger partial charge >= 0.3 is 0 Å². The molecule has 182 valence electrons. The summed E-state index contributed by atoms with van der Waals surface area (Å²) in [6, 6.07) is 12.4. The van der Waals surface area contributed by atoms with Gasteiger partial charge in [-0.25, -0.2) is 9.71 Å². The van der Waals surface area contributed by atoms with Crippen molar-refractivity contribution in [3.8, 4) is 11.8 Å². The summed E-state index contributed by atoms with van der Waals surface area (Å²) in [6.45, 7) is 0. The number of fused-ring (bicyclic) bond motifs is 1. The topological polar surface area (TPSA) is 116 Å². The van der Waals surface area contributed by atoms with Gasteiger partial charge in [-0.1, -0.05) is 12.1 Å². The quantitative estimate of drug-likeness (QED) is 0.424. The second kappa shape index (κ2) is 10.8. The Bertz CT molecular complexity index is 1300. The van der Waals surface area contributed by atoms with Gasteiger partial charge < -0.3 is 14.6 Å². The van der Waals surface area contributed by atoms with Crippen LogP contribution in [0.3, 0.4) is 0 Å². The third-order valence-electron chi connectivity index (χ3n) is 6.05. The van der Waals surface area contributed by atoms with Gasteiger partial charge in [-0.2, -0.15) is 9.65 Å². The molecule has 2 aromatic heterocycles. The van der Waals surface area contributed by atoms with Crippen molar-refractivity contribution in [3.63, 3.8) is 0 Å². The van der Waals surface area contributed by atoms with Gasteiger partial charge in [0.25, 0.3) is 5.91 Å². The maximum Gasteiger partial charge on any atom is 0.272 e. The van der Waals surface area contributed by atoms with Crippen molar-refractivity contribution in [3.05, 3.63) is 71.1 Å². The largest absolute Gasteiger partial charge is 0.497 e. The fraction of sp³-hybridized carbons (Fsp3) is 0.320. The Labute approximate surface area is 206 Å². The molecule has 35 heavy (non-hydrogen) atoms. The molecule has 1 unspecified atom stereocenters. The molecule has 0 saturated carbocycles. The van der Waals surface area contributed by atoms with Crippen LogP contribution in [0.25, 0.3) is 0 Å². The summed E-state index contributed by atoms with van der Waals surface area (Å²) < 4.78 is 32.7. The van der Waals surface area contributed by atoms with E-state index in [1.807, 2.05) is 18.3 Å². The summed E-state index contributed by atoms with van der Waals surface area (Å²) in [5.41, 5.74) is 2.59. The van der Waals surface area contributed by atoms with Crippen molar-refractivity contribution in [2.24, 2.45) is 7.05 Å². The number of nitrogens with one attached hydrogen (secondary N) is 3. The molecule has 4 rings (SSSR count). The zero-order valence-corrected chi connectivity index (χ0v) is 20.4. The Balaban J connectivity index is 1.43. The average molecular weight is 495 g/mol. The number of carbonyl (C=O) groups is 1. The summed E-state index contributed by atoms with van der Waals surface area (Å²) in [7, 11) is 2.46. The summed E-state index contributed by atoms with van der Waals surface area (Å²) in [5, 5.41) is 11.7. The summed E-state index contributed by atoms with van der Waals surface area (Å²) in [6.07, 6.45) is 6.16. The van der Waals surface area contributed by atoms with Crippen molar-refractivity contribution < 1.29 is 13.9 Å². The van der Waals surface area contributed by atoms with Crippen LogP contribution >= 0.6 is 0 Å². The maximum absolute atomic E-state index is 13.7. The SMILES string of the molecule is COc1ccc(CCC[C@H]2CCc3c(cn(C)c3C(=O)Nc3cc(F)nc(C#N)c3)S(=N)N2)cc1. The van der Waals surface area contributed by atoms with Gasteiger partial charge in [0, 0.05) is 31.0 Å². The second-order valence-electron chi connectivity index (χ2n) is 8.46. The lowest BCUT2D eigenvalue weighted by Crippen LogP contribution is -2.29. The van der Waals surface area contributed by atoms with Gasteiger partial charge in [0.2, 0.25) is 5.95 Å². The highest BCUT2D eigenvalue weighted by Gasteiger charge is 2.27. The number of rotatable bonds is 7. The fourth-order valence-corrected chi connectivity index (χ4v) is 5.74. The Morgan fingerprint density at radius 1 is 1.40 bits per heavy atom. The van der Waals surface area contributed by atoms with Crippen molar-refractivity contribution in [1.82, 2.24) is 14.3 Å². The van der Waals surface area contributed by atoms with E-state index in [2.05, 4.69) is 27.2 Å². The smallest absolute Gasteiger partial charge is 0.272 e. The van der Waals surface area contributed by atoms with E-state index in [-0.39, 0.29) is 17.4 Å². The molecule has 3 aromatic rings. The number of nitrogens with zero attached hydrogens (tertiary/aromatic N) is 3. The Morgan fingerprint density at radius 3 is 2.89 bits per heavy atom. The zero-order chi connectivity index (χ0) is 24.9. The van der Waals surface area contributed by atoms with E-state index in [0.29, 0.717) is 12.1 Å². The van der Waals surface area contributed by atoms with Crippen LogP contribution in [0.2, 0.25) is 0 Å². The van der Waals surface area contributed by atoms with Crippen LogP contribution in [0, 0.1) is 22.1 Å². The van der Waals surface area contributed by atoms with E-state index in [1.165, 1.54) is 11.6 Å². The number of halogens is 1. The monoisotopic (exact) mass is 494 g/mol. The third-order valence-corrected chi connectivity index (χ3v) is 7.41. The maximum atomic E-state index is 13.7. The number of nitriles is 1. The summed E-state index contributed by atoms with van der Waals surface area (Å²) in [4.78, 5) is 17.4. The predicted molar refractivity (Wildman–Crippen MR) is 132 cm³/mol. The normalized spacial score (nSPS) is 17.2. The molecule has 10 heteroatoms. The molecule has 0 fully saturated rings. The van der Waals surface area contributed by atoms with Crippen LogP contribution in [0.1, 0.15) is 46.6 Å². The van der Waals surface area contributed by atoms with Gasteiger partial charge in [0.05, 0.1) is 12.0 Å². The van der Waals surface area contributed by atoms with Gasteiger partial charge in [0.1, 0.15) is 23.2 Å². The van der Waals surface area contributed by atoms with E-state index in [0.717, 1.165) is 48.0 Å². The molecular formula is C25H27FN6O2S. The van der Waals surface area contributed by atoms with Crippen molar-refractivity contribution in [2.45, 2.75) is 43.0 Å². The molecular weight excluding hydrogens is 467 g/mol. The number of hydrogen-bond acceptors (Lipinski definition) is 5. The second-order valence-corrected chi connectivity index (χ2v) is 9.75. The first-order valence-electron chi connectivity index (χ1n) is 11.3. The molecule has 1 amide bonds. The number of amides is 1. The van der Waals surface area contributed by atoms with Crippen LogP contribution in [0.15, 0.2) is 47.5 Å². The first-order chi connectivity index (χ1) is 16.9. The van der Waals surface area contributed by atoms with E-state index >= 15 is 0 Å². The molecule has 0 saturated heterocycles. The van der Waals surface area contributed by atoms with E-state index < -0.39 is 22.7 Å². The van der Waals surface area contributed by atoms with Gasteiger partial charge in [-0.05, 0) is 72.3 Å². The molecule has 8 nitrogen and oxygen atoms in total. The predicted octanol–water partition coefficient (Wildman–Crippen LogP) is 4.27. The number of methoxy groups -OCH3 is 1. The zero-order valence-electron chi connectivity index (χ0n) is 19.6. The Morgan fingerprint density at radius 2 is 2.17 bits per heavy atom. The molecule has 0 aliphatic carbocycles. The van der Waals surface area contributed by atoms with Crippen molar-refractivity contribution in [2.75, 3.05) is 12.4 Å². The molecule has 3 N–H and O–H groups in total. The van der Waals surface area contributed by atoms with Crippen LogP contribution in [0.5, 0.6) is 5.75 Å². The number of hydrogen-bond donors (Lipinski definition) is 3. The highest BCUT2D eigenvalue weighted by Crippen LogP contribution is 2.28. The Hall–Kier alpha value is -3.55. The highest BCUT2D eigenvalue weighted by atomic mass is 32.2. The van der Waals surface area contributed by atoms with E-state index in [1.54, 1.807) is 24.8 Å². The van der Waals surface area contributed by atoms with Crippen LogP contribution < -0.4 is 14.8 Å². The minimum Gasteiger partial charge on any atom is -0.497 e. The van der Waals surface area contributed by atoms with Gasteiger partial charge in [-0.3, -0.25) is 9.57 Å². The number of anilines is 1. The first-order valence-corrected chi connectivity index (χ1v) is 12.5. The number of aromatic nitrogens is 2. The van der Waals surface area contributed by atoms with Crippen LogP contribution in [0.4, 0.5) is 10.1 Å². The van der Waals surface area contributed by atoms with Crippen molar-refractivity contribution >= 4 is 22.5 Å². The summed E-state index contributed by atoms with van der Waals surface area (Å²) >= 11 is 0. The number of carbonyl (C=O) groups excluding carboxylic acids is 1. The molecule has 3 heterocycles. The first kappa shape index (κ1) is 24.6. The molecule has 0 spiro atoms. The minimum absolute atomic E-state index is 0.111. The molecule has 0 radical (unpaired) electrons. The van der Waals surface area contributed by atoms with Crippen LogP contribution in [-0.4, -0.2) is 28.6 Å². The van der Waals surface area contributed by atoms with Gasteiger partial charge in [-0.15, -0.1) is 0 Å². The van der Waals surface area contributed by atoms with E-state index in [4.69, 9.17) is 14.8 Å². The Kier molecular flexibility index (Phi) is 7.58. The van der Waals surface area contributed by atoms with Gasteiger partial charge in [0.15, 0.2) is 0 Å². The fourth-order valence-electron chi connectivity index (χ4n) is 4.33. The molecule has 1 aliphatic rings. The average Bonchev–Trinajstić information content (AvgIpc) is 3.10. The summed E-state index contributed by atoms with van der Waals surface area (Å²) in [5.74, 6) is -0.396. The number of benzene rings is 1. The van der Waals surface area contributed by atoms with Crippen LogP contribution in [-0.2, 0) is 30.8 Å². The number of ether oxygens (including phenoxy) is 1. The lowest BCUT2D eigenvalue weighted by molar-refractivity contribution is 0.101. The number of pyridine rings is 1. The van der Waals surface area contributed by atoms with E-state index in [9.17, 15) is 9.18 Å².